The van der Waals surface area contributed by atoms with Gasteiger partial charge < -0.3 is 9.84 Å². The molecule has 1 heterocycles. The Morgan fingerprint density at radius 3 is 2.84 bits per heavy atom. The van der Waals surface area contributed by atoms with Crippen molar-refractivity contribution in [2.75, 3.05) is 44.4 Å². The molecule has 3 nitrogen and oxygen atoms in total. The largest absolute Gasteiger partial charge is 0.394 e. The molecule has 0 saturated carbocycles. The van der Waals surface area contributed by atoms with Gasteiger partial charge in [-0.15, -0.1) is 0 Å². The first-order chi connectivity index (χ1) is 9.31. The maximum Gasteiger partial charge on any atom is 0.0698 e. The molecule has 0 aromatic heterocycles. The number of thioether (sulfide) groups is 1. The molecule has 1 fully saturated rings. The van der Waals surface area contributed by atoms with Gasteiger partial charge in [-0.1, -0.05) is 23.7 Å². The van der Waals surface area contributed by atoms with Crippen LogP contribution in [-0.2, 0) is 4.74 Å². The van der Waals surface area contributed by atoms with E-state index in [9.17, 15) is 0 Å². The van der Waals surface area contributed by atoms with Crippen molar-refractivity contribution in [3.05, 3.63) is 34.9 Å². The summed E-state index contributed by atoms with van der Waals surface area (Å²) in [4.78, 5) is 2.46. The van der Waals surface area contributed by atoms with Crippen LogP contribution in [0.1, 0.15) is 11.6 Å². The second-order valence-corrected chi connectivity index (χ2v) is 6.10. The van der Waals surface area contributed by atoms with Crippen LogP contribution in [0.5, 0.6) is 0 Å². The first-order valence-corrected chi connectivity index (χ1v) is 8.10. The fourth-order valence-corrected chi connectivity index (χ4v) is 3.53. The second kappa shape index (κ2) is 8.12. The molecule has 2 rings (SSSR count). The standard InChI is InChI=1S/C14H20ClNO2S/c15-13-3-1-12(2-4-13)14-11-19-10-6-16(14)5-8-18-9-7-17/h1-4,14,17H,5-11H2. The number of hydrogen-bond acceptors (Lipinski definition) is 4. The van der Waals surface area contributed by atoms with E-state index in [0.29, 0.717) is 19.3 Å². The van der Waals surface area contributed by atoms with Crippen molar-refractivity contribution in [2.24, 2.45) is 0 Å². The van der Waals surface area contributed by atoms with Gasteiger partial charge in [-0.2, -0.15) is 11.8 Å². The number of nitrogens with zero attached hydrogens (tertiary/aromatic N) is 1. The number of ether oxygens (including phenoxy) is 1. The van der Waals surface area contributed by atoms with Gasteiger partial charge in [0.2, 0.25) is 0 Å². The van der Waals surface area contributed by atoms with E-state index in [1.54, 1.807) is 0 Å². The average Bonchev–Trinajstić information content (AvgIpc) is 2.45. The Bertz CT molecular complexity index is 374. The zero-order valence-electron chi connectivity index (χ0n) is 10.9. The van der Waals surface area contributed by atoms with Gasteiger partial charge >= 0.3 is 0 Å². The third-order valence-electron chi connectivity index (χ3n) is 3.25. The van der Waals surface area contributed by atoms with Crippen LogP contribution in [-0.4, -0.2) is 54.4 Å². The molecule has 0 amide bonds. The van der Waals surface area contributed by atoms with Crippen molar-refractivity contribution in [1.82, 2.24) is 4.90 Å². The summed E-state index contributed by atoms with van der Waals surface area (Å²) in [7, 11) is 0. The Balaban J connectivity index is 1.93. The topological polar surface area (TPSA) is 32.7 Å². The van der Waals surface area contributed by atoms with Crippen molar-refractivity contribution in [2.45, 2.75) is 6.04 Å². The molecule has 0 bridgehead atoms. The minimum absolute atomic E-state index is 0.0937. The van der Waals surface area contributed by atoms with Gasteiger partial charge in [0.15, 0.2) is 0 Å². The molecule has 0 spiro atoms. The van der Waals surface area contributed by atoms with Gasteiger partial charge in [0.1, 0.15) is 0 Å². The minimum Gasteiger partial charge on any atom is -0.394 e. The van der Waals surface area contributed by atoms with Gasteiger partial charge in [0.25, 0.3) is 0 Å². The number of aliphatic hydroxyl groups is 1. The van der Waals surface area contributed by atoms with E-state index in [1.807, 2.05) is 23.9 Å². The van der Waals surface area contributed by atoms with Crippen LogP contribution < -0.4 is 0 Å². The third-order valence-corrected chi connectivity index (χ3v) is 4.53. The molecular weight excluding hydrogens is 282 g/mol. The van der Waals surface area contributed by atoms with Gasteiger partial charge in [0.05, 0.1) is 19.8 Å². The summed E-state index contributed by atoms with van der Waals surface area (Å²) < 4.78 is 5.37. The van der Waals surface area contributed by atoms with Crippen LogP contribution in [0.3, 0.4) is 0 Å². The average molecular weight is 302 g/mol. The monoisotopic (exact) mass is 301 g/mol. The Labute approximate surface area is 123 Å². The van der Waals surface area contributed by atoms with Crippen molar-refractivity contribution in [3.8, 4) is 0 Å². The predicted molar refractivity (Wildman–Crippen MR) is 81.0 cm³/mol. The molecular formula is C14H20ClNO2S. The molecule has 1 aromatic rings. The van der Waals surface area contributed by atoms with E-state index in [2.05, 4.69) is 17.0 Å². The highest BCUT2D eigenvalue weighted by molar-refractivity contribution is 7.99. The minimum atomic E-state index is 0.0937. The quantitative estimate of drug-likeness (QED) is 0.818. The molecule has 1 atom stereocenters. The Morgan fingerprint density at radius 1 is 1.32 bits per heavy atom. The zero-order valence-corrected chi connectivity index (χ0v) is 12.5. The fourth-order valence-electron chi connectivity index (χ4n) is 2.25. The third kappa shape index (κ3) is 4.65. The summed E-state index contributed by atoms with van der Waals surface area (Å²) in [6.07, 6.45) is 0. The molecule has 1 aromatic carbocycles. The molecule has 5 heteroatoms. The number of hydrogen-bond donors (Lipinski definition) is 1. The number of halogens is 1. The molecule has 1 aliphatic rings. The number of aliphatic hydroxyl groups excluding tert-OH is 1. The second-order valence-electron chi connectivity index (χ2n) is 4.51. The van der Waals surface area contributed by atoms with Crippen molar-refractivity contribution >= 4 is 23.4 Å². The lowest BCUT2D eigenvalue weighted by molar-refractivity contribution is 0.0663. The van der Waals surface area contributed by atoms with Crippen LogP contribution in [0.4, 0.5) is 0 Å². The van der Waals surface area contributed by atoms with Crippen LogP contribution in [0.2, 0.25) is 5.02 Å². The highest BCUT2D eigenvalue weighted by atomic mass is 35.5. The Kier molecular flexibility index (Phi) is 6.47. The van der Waals surface area contributed by atoms with E-state index < -0.39 is 0 Å². The van der Waals surface area contributed by atoms with Gasteiger partial charge in [-0.25, -0.2) is 0 Å². The van der Waals surface area contributed by atoms with Crippen LogP contribution >= 0.6 is 23.4 Å². The van der Waals surface area contributed by atoms with E-state index in [1.165, 1.54) is 11.3 Å². The lowest BCUT2D eigenvalue weighted by Crippen LogP contribution is -2.38. The first-order valence-electron chi connectivity index (χ1n) is 6.57. The van der Waals surface area contributed by atoms with Gasteiger partial charge in [-0.05, 0) is 17.7 Å². The maximum atomic E-state index is 8.70. The Morgan fingerprint density at radius 2 is 2.11 bits per heavy atom. The van der Waals surface area contributed by atoms with Crippen molar-refractivity contribution < 1.29 is 9.84 Å². The van der Waals surface area contributed by atoms with Crippen molar-refractivity contribution in [1.29, 1.82) is 0 Å². The lowest BCUT2D eigenvalue weighted by atomic mass is 10.1. The van der Waals surface area contributed by atoms with Crippen LogP contribution in [0.15, 0.2) is 24.3 Å². The summed E-state index contributed by atoms with van der Waals surface area (Å²) in [5.41, 5.74) is 1.32. The molecule has 1 aliphatic heterocycles. The normalized spacial score (nSPS) is 20.6. The maximum absolute atomic E-state index is 8.70. The summed E-state index contributed by atoms with van der Waals surface area (Å²) in [5.74, 6) is 2.28. The summed E-state index contributed by atoms with van der Waals surface area (Å²) in [6, 6.07) is 8.57. The summed E-state index contributed by atoms with van der Waals surface area (Å²) in [5, 5.41) is 9.49. The van der Waals surface area contributed by atoms with Crippen LogP contribution in [0, 0.1) is 0 Å². The SMILES string of the molecule is OCCOCCN1CCSCC1c1ccc(Cl)cc1. The molecule has 0 radical (unpaired) electrons. The predicted octanol–water partition coefficient (Wildman–Crippen LogP) is 2.44. The molecule has 106 valence electrons. The van der Waals surface area contributed by atoms with E-state index in [0.717, 1.165) is 23.9 Å². The smallest absolute Gasteiger partial charge is 0.0698 e. The first kappa shape index (κ1) is 15.1. The molecule has 1 unspecified atom stereocenters. The highest BCUT2D eigenvalue weighted by Gasteiger charge is 2.23. The summed E-state index contributed by atoms with van der Waals surface area (Å²) >= 11 is 7.94. The van der Waals surface area contributed by atoms with E-state index in [-0.39, 0.29) is 6.61 Å². The summed E-state index contributed by atoms with van der Waals surface area (Å²) in [6.45, 7) is 3.19. The molecule has 19 heavy (non-hydrogen) atoms. The highest BCUT2D eigenvalue weighted by Crippen LogP contribution is 2.29. The van der Waals surface area contributed by atoms with Gasteiger partial charge in [-0.3, -0.25) is 4.90 Å². The van der Waals surface area contributed by atoms with E-state index in [4.69, 9.17) is 21.4 Å². The fraction of sp³-hybridized carbons (Fsp3) is 0.571. The number of benzene rings is 1. The zero-order chi connectivity index (χ0) is 13.5. The lowest BCUT2D eigenvalue weighted by Gasteiger charge is -2.35. The number of rotatable bonds is 6. The van der Waals surface area contributed by atoms with E-state index >= 15 is 0 Å². The Hall–Kier alpha value is -0.260. The van der Waals surface area contributed by atoms with Gasteiger partial charge in [0, 0.05) is 35.7 Å². The molecule has 1 N–H and O–H groups in total. The molecule has 1 saturated heterocycles. The molecule has 0 aliphatic carbocycles. The van der Waals surface area contributed by atoms with Crippen LogP contribution in [0.25, 0.3) is 0 Å². The van der Waals surface area contributed by atoms with Crippen molar-refractivity contribution in [3.63, 3.8) is 0 Å².